The van der Waals surface area contributed by atoms with Crippen molar-refractivity contribution in [3.05, 3.63) is 53.4 Å². The number of nitrogens with one attached hydrogen (secondary N) is 1. The van der Waals surface area contributed by atoms with Gasteiger partial charge in [0.05, 0.1) is 19.6 Å². The van der Waals surface area contributed by atoms with Gasteiger partial charge in [0, 0.05) is 0 Å². The quantitative estimate of drug-likeness (QED) is 0.781. The van der Waals surface area contributed by atoms with Gasteiger partial charge in [0.15, 0.2) is 17.1 Å². The third-order valence-corrected chi connectivity index (χ3v) is 4.63. The smallest absolute Gasteiger partial charge is 0.227 e. The van der Waals surface area contributed by atoms with Gasteiger partial charge in [-0.15, -0.1) is 0 Å². The Kier molecular flexibility index (Phi) is 4.24. The highest BCUT2D eigenvalue weighted by molar-refractivity contribution is 5.80. The van der Waals surface area contributed by atoms with Crippen molar-refractivity contribution in [1.29, 1.82) is 0 Å². The number of aryl methyl sites for hydroxylation is 1. The van der Waals surface area contributed by atoms with Crippen molar-refractivity contribution in [2.45, 2.75) is 19.9 Å². The number of hydrogen-bond acceptors (Lipinski definition) is 5. The zero-order chi connectivity index (χ0) is 18.1. The van der Waals surface area contributed by atoms with Gasteiger partial charge >= 0.3 is 0 Å². The molecule has 26 heavy (non-hydrogen) atoms. The van der Waals surface area contributed by atoms with Crippen LogP contribution < -0.4 is 14.8 Å². The summed E-state index contributed by atoms with van der Waals surface area (Å²) < 4.78 is 16.8. The molecule has 2 heterocycles. The molecule has 0 radical (unpaired) electrons. The molecule has 1 amide bonds. The summed E-state index contributed by atoms with van der Waals surface area (Å²) in [7, 11) is 1.61. The number of methoxy groups -OCH3 is 1. The minimum atomic E-state index is -0.249. The monoisotopic (exact) mass is 352 g/mol. The van der Waals surface area contributed by atoms with E-state index >= 15 is 0 Å². The standard InChI is InChI=1S/C20H20N2O4/c1-12-5-3-7-15-18(12)22-17(26-15)10-21-20(23)14-9-13-6-4-8-16(24-2)19(13)25-11-14/h3-8,14H,9-11H2,1-2H3,(H,21,23)/t14-/m1/s1. The van der Waals surface area contributed by atoms with E-state index in [0.29, 0.717) is 24.7 Å². The predicted molar refractivity (Wildman–Crippen MR) is 96.3 cm³/mol. The molecular weight excluding hydrogens is 332 g/mol. The molecule has 1 aromatic heterocycles. The van der Waals surface area contributed by atoms with Crippen LogP contribution in [0.4, 0.5) is 0 Å². The molecule has 0 unspecified atom stereocenters. The average Bonchev–Trinajstić information content (AvgIpc) is 3.09. The van der Waals surface area contributed by atoms with Gasteiger partial charge in [-0.1, -0.05) is 24.3 Å². The van der Waals surface area contributed by atoms with Gasteiger partial charge in [-0.05, 0) is 36.6 Å². The molecule has 1 aliphatic heterocycles. The van der Waals surface area contributed by atoms with E-state index in [2.05, 4.69) is 10.3 Å². The molecule has 0 bridgehead atoms. The van der Waals surface area contributed by atoms with Gasteiger partial charge in [-0.3, -0.25) is 4.79 Å². The molecule has 4 rings (SSSR count). The van der Waals surface area contributed by atoms with E-state index in [0.717, 1.165) is 28.0 Å². The Morgan fingerprint density at radius 3 is 2.96 bits per heavy atom. The summed E-state index contributed by atoms with van der Waals surface area (Å²) in [4.78, 5) is 17.0. The fraction of sp³-hybridized carbons (Fsp3) is 0.300. The molecule has 134 valence electrons. The Hall–Kier alpha value is -3.02. The Bertz CT molecular complexity index is 964. The number of aromatic nitrogens is 1. The van der Waals surface area contributed by atoms with E-state index < -0.39 is 0 Å². The first kappa shape index (κ1) is 16.4. The zero-order valence-electron chi connectivity index (χ0n) is 14.7. The second-order valence-electron chi connectivity index (χ2n) is 6.41. The number of rotatable bonds is 4. The summed E-state index contributed by atoms with van der Waals surface area (Å²) in [5.74, 6) is 1.61. The van der Waals surface area contributed by atoms with Gasteiger partial charge in [0.2, 0.25) is 11.8 Å². The van der Waals surface area contributed by atoms with Gasteiger partial charge in [0.25, 0.3) is 0 Å². The summed E-state index contributed by atoms with van der Waals surface area (Å²) >= 11 is 0. The molecule has 0 saturated carbocycles. The Morgan fingerprint density at radius 2 is 2.15 bits per heavy atom. The van der Waals surface area contributed by atoms with Crippen LogP contribution in [0.1, 0.15) is 17.0 Å². The lowest BCUT2D eigenvalue weighted by Gasteiger charge is -2.25. The van der Waals surface area contributed by atoms with E-state index in [9.17, 15) is 4.79 Å². The topological polar surface area (TPSA) is 73.6 Å². The van der Waals surface area contributed by atoms with Crippen molar-refractivity contribution in [2.75, 3.05) is 13.7 Å². The highest BCUT2D eigenvalue weighted by Crippen LogP contribution is 2.36. The molecule has 0 spiro atoms. The number of carbonyl (C=O) groups is 1. The average molecular weight is 352 g/mol. The largest absolute Gasteiger partial charge is 0.493 e. The summed E-state index contributed by atoms with van der Waals surface area (Å²) in [5.41, 5.74) is 3.60. The molecule has 0 saturated heterocycles. The number of benzene rings is 2. The fourth-order valence-corrected chi connectivity index (χ4v) is 3.24. The molecule has 6 heteroatoms. The molecule has 1 aliphatic rings. The second-order valence-corrected chi connectivity index (χ2v) is 6.41. The third-order valence-electron chi connectivity index (χ3n) is 4.63. The number of amides is 1. The van der Waals surface area contributed by atoms with Crippen LogP contribution in [0, 0.1) is 12.8 Å². The van der Waals surface area contributed by atoms with Crippen molar-refractivity contribution >= 4 is 17.0 Å². The molecule has 0 aliphatic carbocycles. The number of nitrogens with zero attached hydrogens (tertiary/aromatic N) is 1. The Balaban J connectivity index is 1.43. The fourth-order valence-electron chi connectivity index (χ4n) is 3.24. The van der Waals surface area contributed by atoms with Crippen molar-refractivity contribution < 1.29 is 18.7 Å². The van der Waals surface area contributed by atoms with E-state index in [4.69, 9.17) is 13.9 Å². The van der Waals surface area contributed by atoms with E-state index in [1.54, 1.807) is 7.11 Å². The van der Waals surface area contributed by atoms with Crippen LogP contribution in [0.3, 0.4) is 0 Å². The molecule has 2 aromatic carbocycles. The molecule has 3 aromatic rings. The Morgan fingerprint density at radius 1 is 1.31 bits per heavy atom. The normalized spacial score (nSPS) is 16.0. The number of oxazole rings is 1. The van der Waals surface area contributed by atoms with Crippen LogP contribution in [0.5, 0.6) is 11.5 Å². The lowest BCUT2D eigenvalue weighted by molar-refractivity contribution is -0.126. The van der Waals surface area contributed by atoms with Crippen LogP contribution >= 0.6 is 0 Å². The van der Waals surface area contributed by atoms with Crippen LogP contribution in [-0.4, -0.2) is 24.6 Å². The first-order chi connectivity index (χ1) is 12.7. The third kappa shape index (κ3) is 2.98. The summed E-state index contributed by atoms with van der Waals surface area (Å²) in [5, 5.41) is 2.90. The predicted octanol–water partition coefficient (Wildman–Crippen LogP) is 3.01. The maximum atomic E-state index is 12.5. The molecular formula is C20H20N2O4. The van der Waals surface area contributed by atoms with Crippen LogP contribution in [0.15, 0.2) is 40.8 Å². The van der Waals surface area contributed by atoms with Crippen LogP contribution in [0.25, 0.3) is 11.1 Å². The highest BCUT2D eigenvalue weighted by atomic mass is 16.5. The molecule has 6 nitrogen and oxygen atoms in total. The van der Waals surface area contributed by atoms with Crippen molar-refractivity contribution in [1.82, 2.24) is 10.3 Å². The van der Waals surface area contributed by atoms with Gasteiger partial charge in [-0.2, -0.15) is 0 Å². The van der Waals surface area contributed by atoms with Crippen LogP contribution in [-0.2, 0) is 17.8 Å². The van der Waals surface area contributed by atoms with E-state index in [1.165, 1.54) is 0 Å². The zero-order valence-corrected chi connectivity index (χ0v) is 14.7. The van der Waals surface area contributed by atoms with Crippen molar-refractivity contribution in [2.24, 2.45) is 5.92 Å². The second kappa shape index (κ2) is 6.71. The maximum absolute atomic E-state index is 12.5. The first-order valence-electron chi connectivity index (χ1n) is 8.57. The van der Waals surface area contributed by atoms with Crippen molar-refractivity contribution in [3.63, 3.8) is 0 Å². The highest BCUT2D eigenvalue weighted by Gasteiger charge is 2.28. The molecule has 1 atom stereocenters. The lowest BCUT2D eigenvalue weighted by atomic mass is 9.95. The minimum Gasteiger partial charge on any atom is -0.493 e. The van der Waals surface area contributed by atoms with Crippen molar-refractivity contribution in [3.8, 4) is 11.5 Å². The van der Waals surface area contributed by atoms with Crippen LogP contribution in [0.2, 0.25) is 0 Å². The van der Waals surface area contributed by atoms with Gasteiger partial charge in [-0.25, -0.2) is 4.98 Å². The minimum absolute atomic E-state index is 0.0718. The summed E-state index contributed by atoms with van der Waals surface area (Å²) in [6.07, 6.45) is 0.616. The number of hydrogen-bond donors (Lipinski definition) is 1. The number of carbonyl (C=O) groups excluding carboxylic acids is 1. The summed E-state index contributed by atoms with van der Waals surface area (Å²) in [6.45, 7) is 2.57. The van der Waals surface area contributed by atoms with E-state index in [1.807, 2.05) is 43.3 Å². The first-order valence-corrected chi connectivity index (χ1v) is 8.57. The summed E-state index contributed by atoms with van der Waals surface area (Å²) in [6, 6.07) is 11.5. The number of fused-ring (bicyclic) bond motifs is 2. The van der Waals surface area contributed by atoms with Gasteiger partial charge < -0.3 is 19.2 Å². The number of ether oxygens (including phenoxy) is 2. The number of para-hydroxylation sites is 2. The maximum Gasteiger partial charge on any atom is 0.227 e. The Labute approximate surface area is 151 Å². The lowest BCUT2D eigenvalue weighted by Crippen LogP contribution is -2.37. The SMILES string of the molecule is COc1cccc2c1OC[C@H](C(=O)NCc1nc3c(C)cccc3o1)C2. The van der Waals surface area contributed by atoms with E-state index in [-0.39, 0.29) is 18.4 Å². The molecule has 1 N–H and O–H groups in total. The van der Waals surface area contributed by atoms with Gasteiger partial charge in [0.1, 0.15) is 12.1 Å². The molecule has 0 fully saturated rings.